The Balaban J connectivity index is 0.00000245. The van der Waals surface area contributed by atoms with E-state index >= 15 is 0 Å². The Bertz CT molecular complexity index is 1210. The van der Waals surface area contributed by atoms with Gasteiger partial charge in [0.15, 0.2) is 5.13 Å². The first-order chi connectivity index (χ1) is 14.7. The van der Waals surface area contributed by atoms with Gasteiger partial charge in [-0.25, -0.2) is 4.98 Å². The number of amides is 1. The van der Waals surface area contributed by atoms with Crippen LogP contribution in [0.2, 0.25) is 10.0 Å². The number of nitrogens with zero attached hydrogens (tertiary/aromatic N) is 2. The van der Waals surface area contributed by atoms with Crippen LogP contribution >= 0.6 is 45.9 Å². The molecule has 0 radical (unpaired) electrons. The molecule has 3 aromatic rings. The monoisotopic (exact) mass is 502 g/mol. The number of carbonyl (C=O) groups is 2. The van der Waals surface area contributed by atoms with Crippen LogP contribution in [0.4, 0.5) is 5.13 Å². The summed E-state index contributed by atoms with van der Waals surface area (Å²) < 4.78 is 0. The second-order valence-electron chi connectivity index (χ2n) is 7.86. The smallest absolute Gasteiger partial charge is 0.544 e. The minimum atomic E-state index is -1.21. The number of nitrogens with one attached hydrogen (secondary N) is 2. The first kappa shape index (κ1) is 23.7. The molecule has 1 amide bonds. The van der Waals surface area contributed by atoms with E-state index in [9.17, 15) is 14.7 Å². The molecule has 3 atom stereocenters. The van der Waals surface area contributed by atoms with E-state index in [4.69, 9.17) is 23.2 Å². The van der Waals surface area contributed by atoms with Gasteiger partial charge in [0.25, 0.3) is 5.91 Å². The van der Waals surface area contributed by atoms with Crippen LogP contribution in [-0.4, -0.2) is 41.0 Å². The predicted octanol–water partition coefficient (Wildman–Crippen LogP) is 0.355. The number of hydrogen-bond acceptors (Lipinski definition) is 7. The molecule has 32 heavy (non-hydrogen) atoms. The van der Waals surface area contributed by atoms with Gasteiger partial charge in [0.05, 0.1) is 25.8 Å². The molecule has 5 rings (SSSR count). The Morgan fingerprint density at radius 1 is 1.19 bits per heavy atom. The van der Waals surface area contributed by atoms with Crippen LogP contribution in [-0.2, 0) is 0 Å². The van der Waals surface area contributed by atoms with E-state index in [1.54, 1.807) is 6.92 Å². The third-order valence-electron chi connectivity index (χ3n) is 5.82. The van der Waals surface area contributed by atoms with Gasteiger partial charge >= 0.3 is 18.9 Å². The van der Waals surface area contributed by atoms with Crippen LogP contribution in [0.5, 0.6) is 0 Å². The topological polar surface area (TPSA) is 101 Å². The summed E-state index contributed by atoms with van der Waals surface area (Å²) in [4.78, 5) is 35.9. The number of carboxylic acids is 1. The Morgan fingerprint density at radius 3 is 2.41 bits per heavy atom. The molecule has 7 nitrogen and oxygen atoms in total. The van der Waals surface area contributed by atoms with Crippen molar-refractivity contribution in [1.82, 2.24) is 15.3 Å². The molecular formula is C20H17Cl2LiN4O3S2. The number of thiophene rings is 1. The fourth-order valence-corrected chi connectivity index (χ4v) is 6.44. The summed E-state index contributed by atoms with van der Waals surface area (Å²) in [5, 5.41) is 15.9. The fraction of sp³-hybridized carbons (Fsp3) is 0.350. The number of hydrogen-bond donors (Lipinski definition) is 2. The average molecular weight is 503 g/mol. The Hall–Kier alpha value is -1.47. The van der Waals surface area contributed by atoms with Crippen LogP contribution in [0.3, 0.4) is 0 Å². The van der Waals surface area contributed by atoms with Gasteiger partial charge in [-0.1, -0.05) is 34.5 Å². The molecule has 2 aliphatic rings. The molecule has 12 heteroatoms. The normalized spacial score (nSPS) is 21.2. The van der Waals surface area contributed by atoms with Crippen molar-refractivity contribution in [2.24, 2.45) is 11.8 Å². The molecular weight excluding hydrogens is 486 g/mol. The maximum absolute atomic E-state index is 12.6. The van der Waals surface area contributed by atoms with Crippen LogP contribution < -0.4 is 34.2 Å². The number of H-pyrrole nitrogens is 1. The molecule has 4 heterocycles. The van der Waals surface area contributed by atoms with Crippen LogP contribution in [0.1, 0.15) is 30.7 Å². The first-order valence-electron chi connectivity index (χ1n) is 9.63. The largest absolute Gasteiger partial charge is 1.00 e. The quantitative estimate of drug-likeness (QED) is 0.490. The Kier molecular flexibility index (Phi) is 6.44. The van der Waals surface area contributed by atoms with Crippen molar-refractivity contribution in [3.05, 3.63) is 43.3 Å². The molecule has 0 aromatic carbocycles. The number of halogens is 2. The summed E-state index contributed by atoms with van der Waals surface area (Å²) in [6, 6.07) is 3.89. The van der Waals surface area contributed by atoms with Gasteiger partial charge in [-0.3, -0.25) is 4.79 Å². The molecule has 162 valence electrons. The molecule has 1 saturated heterocycles. The molecule has 0 unspecified atom stereocenters. The zero-order valence-corrected chi connectivity index (χ0v) is 20.6. The van der Waals surface area contributed by atoms with Crippen LogP contribution in [0, 0.1) is 25.7 Å². The van der Waals surface area contributed by atoms with Crippen LogP contribution in [0.25, 0.3) is 10.6 Å². The number of carboxylic acid groups (broad SMARTS) is 1. The number of aromatic carboxylic acids is 1. The number of carbonyl (C=O) groups excluding carboxylic acids is 2. The second-order valence-corrected chi connectivity index (χ2v) is 10.9. The van der Waals surface area contributed by atoms with E-state index < -0.39 is 5.97 Å². The zero-order valence-electron chi connectivity index (χ0n) is 17.5. The number of piperidine rings is 1. The Labute approximate surface area is 214 Å². The van der Waals surface area contributed by atoms with Crippen molar-refractivity contribution >= 4 is 62.9 Å². The minimum absolute atomic E-state index is 0. The molecule has 0 spiro atoms. The number of rotatable bonds is 5. The molecule has 3 aromatic heterocycles. The van der Waals surface area contributed by atoms with Gasteiger partial charge in [-0.05, 0) is 26.0 Å². The van der Waals surface area contributed by atoms with Crippen molar-refractivity contribution in [2.45, 2.75) is 19.9 Å². The van der Waals surface area contributed by atoms with Gasteiger partial charge in [0, 0.05) is 41.5 Å². The third kappa shape index (κ3) is 4.00. The summed E-state index contributed by atoms with van der Waals surface area (Å²) in [5.74, 6) is -0.903. The van der Waals surface area contributed by atoms with Crippen LogP contribution in [0.15, 0.2) is 12.1 Å². The summed E-state index contributed by atoms with van der Waals surface area (Å²) >= 11 is 14.9. The van der Waals surface area contributed by atoms with Crippen molar-refractivity contribution in [2.75, 3.05) is 18.0 Å². The molecule has 1 saturated carbocycles. The van der Waals surface area contributed by atoms with Crippen molar-refractivity contribution in [3.8, 4) is 10.6 Å². The second kappa shape index (κ2) is 8.71. The third-order valence-corrected chi connectivity index (χ3v) is 8.87. The number of aromatic nitrogens is 2. The number of fused-ring (bicyclic) bond motifs is 1. The Morgan fingerprint density at radius 2 is 1.88 bits per heavy atom. The maximum Gasteiger partial charge on any atom is 1.00 e. The van der Waals surface area contributed by atoms with Gasteiger partial charge in [-0.2, -0.15) is 0 Å². The predicted molar refractivity (Wildman–Crippen MR) is 120 cm³/mol. The first-order valence-corrected chi connectivity index (χ1v) is 12.0. The van der Waals surface area contributed by atoms with Crippen molar-refractivity contribution in [3.63, 3.8) is 0 Å². The standard InChI is InChI=1S/C20H18Cl2N4O3S2.Li/c1-7-3-4-11(30-7)15-17(19(28)29)31-20(25-15)26-5-9-10(6-26)14(9)24-18(27)16-13(22)12(21)8(2)23-16;/h3-4,9-10,14,23H,5-6H2,1-2H3,(H,24,27)(H,28,29);/q;+1/p-1/t9-,10+,14-;. The summed E-state index contributed by atoms with van der Waals surface area (Å²) in [6.45, 7) is 5.14. The molecule has 1 aliphatic heterocycles. The maximum atomic E-state index is 12.6. The van der Waals surface area contributed by atoms with Gasteiger partial charge in [-0.15, -0.1) is 11.3 Å². The van der Waals surface area contributed by atoms with E-state index in [2.05, 4.69) is 20.2 Å². The van der Waals surface area contributed by atoms with Gasteiger partial charge < -0.3 is 25.1 Å². The molecule has 2 fully saturated rings. The molecule has 1 aliphatic carbocycles. The van der Waals surface area contributed by atoms with E-state index in [0.29, 0.717) is 34.6 Å². The average Bonchev–Trinajstić information content (AvgIpc) is 3.26. The van der Waals surface area contributed by atoms with Gasteiger partial charge in [0.1, 0.15) is 11.4 Å². The number of aromatic amines is 1. The van der Waals surface area contributed by atoms with Crippen molar-refractivity contribution < 1.29 is 33.6 Å². The molecule has 2 N–H and O–H groups in total. The van der Waals surface area contributed by atoms with E-state index in [0.717, 1.165) is 21.1 Å². The number of anilines is 1. The summed E-state index contributed by atoms with van der Waals surface area (Å²) in [7, 11) is 0. The SMILES string of the molecule is Cc1ccc(-c2nc(N3C[C@@H]4[C@H](C3)[C@@H]4NC(=O)c3[nH]c(C)c(Cl)c3Cl)sc2C(=O)[O-])s1.[Li+]. The summed E-state index contributed by atoms with van der Waals surface area (Å²) in [5.41, 5.74) is 1.40. The van der Waals surface area contributed by atoms with E-state index in [-0.39, 0.29) is 58.2 Å². The zero-order chi connectivity index (χ0) is 22.0. The fourth-order valence-electron chi connectivity index (χ4n) is 4.16. The minimum Gasteiger partial charge on any atom is -0.544 e. The van der Waals surface area contributed by atoms with E-state index in [1.165, 1.54) is 11.3 Å². The van der Waals surface area contributed by atoms with E-state index in [1.807, 2.05) is 19.1 Å². The number of thiazole rings is 1. The molecule has 0 bridgehead atoms. The summed E-state index contributed by atoms with van der Waals surface area (Å²) in [6.07, 6.45) is 0. The number of aryl methyl sites for hydroxylation is 2. The van der Waals surface area contributed by atoms with Crippen molar-refractivity contribution in [1.29, 1.82) is 0 Å². The van der Waals surface area contributed by atoms with Gasteiger partial charge in [0.2, 0.25) is 0 Å².